The van der Waals surface area contributed by atoms with Crippen LogP contribution in [0.1, 0.15) is 25.0 Å². The summed E-state index contributed by atoms with van der Waals surface area (Å²) in [5.41, 5.74) is 2.23. The zero-order valence-corrected chi connectivity index (χ0v) is 18.6. The second-order valence-corrected chi connectivity index (χ2v) is 8.68. The zero-order valence-electron chi connectivity index (χ0n) is 18.6. The first-order chi connectivity index (χ1) is 14.4. The smallest absolute Gasteiger partial charge is 0.317 e. The molecule has 0 aromatic heterocycles. The highest BCUT2D eigenvalue weighted by molar-refractivity contribution is 5.79. The van der Waals surface area contributed by atoms with Crippen LogP contribution < -0.4 is 5.32 Å². The van der Waals surface area contributed by atoms with E-state index in [1.54, 1.807) is 0 Å². The predicted molar refractivity (Wildman–Crippen MR) is 117 cm³/mol. The second-order valence-electron chi connectivity index (χ2n) is 8.68. The van der Waals surface area contributed by atoms with Crippen molar-refractivity contribution in [1.82, 2.24) is 20.0 Å². The van der Waals surface area contributed by atoms with E-state index in [-0.39, 0.29) is 11.9 Å². The summed E-state index contributed by atoms with van der Waals surface area (Å²) in [6.07, 6.45) is 0.419. The van der Waals surface area contributed by atoms with Gasteiger partial charge in [-0.3, -0.25) is 9.69 Å². The van der Waals surface area contributed by atoms with Gasteiger partial charge in [0.15, 0.2) is 0 Å². The molecule has 7 nitrogen and oxygen atoms in total. The minimum atomic E-state index is -0.0282. The Bertz CT molecular complexity index is 693. The van der Waals surface area contributed by atoms with E-state index in [2.05, 4.69) is 24.1 Å². The molecule has 166 valence electrons. The molecule has 3 rings (SSSR count). The molecule has 1 aromatic rings. The van der Waals surface area contributed by atoms with Crippen molar-refractivity contribution in [3.05, 3.63) is 35.4 Å². The maximum atomic E-state index is 12.7. The lowest BCUT2D eigenvalue weighted by atomic mass is 10.0. The van der Waals surface area contributed by atoms with Crippen molar-refractivity contribution < 1.29 is 14.3 Å². The van der Waals surface area contributed by atoms with Crippen LogP contribution in [-0.2, 0) is 16.0 Å². The van der Waals surface area contributed by atoms with Gasteiger partial charge < -0.3 is 19.9 Å². The van der Waals surface area contributed by atoms with Gasteiger partial charge in [0.1, 0.15) is 0 Å². The summed E-state index contributed by atoms with van der Waals surface area (Å²) in [4.78, 5) is 31.4. The Morgan fingerprint density at radius 2 is 1.57 bits per heavy atom. The van der Waals surface area contributed by atoms with Gasteiger partial charge in [-0.15, -0.1) is 0 Å². The fourth-order valence-corrected chi connectivity index (χ4v) is 4.15. The molecule has 0 saturated carbocycles. The van der Waals surface area contributed by atoms with Gasteiger partial charge in [0.2, 0.25) is 5.91 Å². The van der Waals surface area contributed by atoms with Gasteiger partial charge in [0.05, 0.1) is 19.6 Å². The van der Waals surface area contributed by atoms with E-state index in [1.165, 1.54) is 5.56 Å². The summed E-state index contributed by atoms with van der Waals surface area (Å²) in [7, 11) is 0. The molecule has 1 N–H and O–H groups in total. The SMILES string of the molecule is Cc1ccc(CC(=O)N2CCN(C(=O)NCC(C(C)C)N3CCOCC3)CC2)cc1. The number of carbonyl (C=O) groups is 2. The van der Waals surface area contributed by atoms with Gasteiger partial charge in [-0.05, 0) is 18.4 Å². The van der Waals surface area contributed by atoms with E-state index < -0.39 is 0 Å². The van der Waals surface area contributed by atoms with E-state index >= 15 is 0 Å². The van der Waals surface area contributed by atoms with Crippen molar-refractivity contribution >= 4 is 11.9 Å². The van der Waals surface area contributed by atoms with Crippen LogP contribution in [0.3, 0.4) is 0 Å². The van der Waals surface area contributed by atoms with Crippen LogP contribution in [0.25, 0.3) is 0 Å². The summed E-state index contributed by atoms with van der Waals surface area (Å²) in [6.45, 7) is 12.8. The van der Waals surface area contributed by atoms with Gasteiger partial charge in [-0.2, -0.15) is 0 Å². The van der Waals surface area contributed by atoms with E-state index in [0.29, 0.717) is 51.1 Å². The Morgan fingerprint density at radius 3 is 2.17 bits per heavy atom. The number of rotatable bonds is 6. The van der Waals surface area contributed by atoms with Crippen molar-refractivity contribution in [3.63, 3.8) is 0 Å². The number of nitrogens with one attached hydrogen (secondary N) is 1. The number of carbonyl (C=O) groups excluding carboxylic acids is 2. The van der Waals surface area contributed by atoms with E-state index in [0.717, 1.165) is 31.9 Å². The number of morpholine rings is 1. The van der Waals surface area contributed by atoms with Crippen LogP contribution in [-0.4, -0.2) is 91.7 Å². The number of amides is 3. The second kappa shape index (κ2) is 10.8. The maximum Gasteiger partial charge on any atom is 0.317 e. The van der Waals surface area contributed by atoms with Crippen LogP contribution in [0.5, 0.6) is 0 Å². The van der Waals surface area contributed by atoms with Crippen molar-refractivity contribution in [2.24, 2.45) is 5.92 Å². The molecule has 2 saturated heterocycles. The molecular formula is C23H36N4O3. The third-order valence-electron chi connectivity index (χ3n) is 6.14. The average Bonchev–Trinajstić information content (AvgIpc) is 2.76. The van der Waals surface area contributed by atoms with Crippen LogP contribution in [0, 0.1) is 12.8 Å². The summed E-state index contributed by atoms with van der Waals surface area (Å²) >= 11 is 0. The van der Waals surface area contributed by atoms with Crippen molar-refractivity contribution in [3.8, 4) is 0 Å². The molecule has 2 fully saturated rings. The molecule has 7 heteroatoms. The monoisotopic (exact) mass is 416 g/mol. The minimum Gasteiger partial charge on any atom is -0.379 e. The van der Waals surface area contributed by atoms with Gasteiger partial charge in [0.25, 0.3) is 0 Å². The largest absolute Gasteiger partial charge is 0.379 e. The number of aryl methyl sites for hydroxylation is 1. The van der Waals surface area contributed by atoms with Gasteiger partial charge in [-0.25, -0.2) is 4.79 Å². The zero-order chi connectivity index (χ0) is 21.5. The van der Waals surface area contributed by atoms with Crippen LogP contribution in [0.2, 0.25) is 0 Å². The standard InChI is InChI=1S/C23H36N4O3/c1-18(2)21(25-12-14-30-15-13-25)17-24-23(29)27-10-8-26(9-11-27)22(28)16-20-6-4-19(3)5-7-20/h4-7,18,21H,8-17H2,1-3H3,(H,24,29). The Balaban J connectivity index is 1.42. The third kappa shape index (κ3) is 6.19. The average molecular weight is 417 g/mol. The molecule has 2 aliphatic heterocycles. The Hall–Kier alpha value is -2.12. The number of hydrogen-bond acceptors (Lipinski definition) is 4. The molecular weight excluding hydrogens is 380 g/mol. The number of nitrogens with zero attached hydrogens (tertiary/aromatic N) is 3. The lowest BCUT2D eigenvalue weighted by Crippen LogP contribution is -2.56. The Kier molecular flexibility index (Phi) is 8.10. The van der Waals surface area contributed by atoms with Crippen LogP contribution in [0.4, 0.5) is 4.79 Å². The van der Waals surface area contributed by atoms with Crippen LogP contribution >= 0.6 is 0 Å². The molecule has 30 heavy (non-hydrogen) atoms. The molecule has 0 aliphatic carbocycles. The highest BCUT2D eigenvalue weighted by atomic mass is 16.5. The highest BCUT2D eigenvalue weighted by Gasteiger charge is 2.27. The third-order valence-corrected chi connectivity index (χ3v) is 6.14. The van der Waals surface area contributed by atoms with E-state index in [9.17, 15) is 9.59 Å². The number of ether oxygens (including phenoxy) is 1. The molecule has 1 unspecified atom stereocenters. The Labute approximate surface area is 180 Å². The first kappa shape index (κ1) is 22.6. The number of piperazine rings is 1. The topological polar surface area (TPSA) is 65.1 Å². The lowest BCUT2D eigenvalue weighted by molar-refractivity contribution is -0.131. The summed E-state index contributed by atoms with van der Waals surface area (Å²) in [5.74, 6) is 0.589. The van der Waals surface area contributed by atoms with Crippen molar-refractivity contribution in [2.75, 3.05) is 59.0 Å². The Morgan fingerprint density at radius 1 is 0.967 bits per heavy atom. The van der Waals surface area contributed by atoms with Gasteiger partial charge in [-0.1, -0.05) is 43.7 Å². The first-order valence-electron chi connectivity index (χ1n) is 11.1. The molecule has 0 radical (unpaired) electrons. The lowest BCUT2D eigenvalue weighted by Gasteiger charge is -2.38. The van der Waals surface area contributed by atoms with E-state index in [1.807, 2.05) is 41.0 Å². The summed E-state index contributed by atoms with van der Waals surface area (Å²) in [5, 5.41) is 3.12. The molecule has 2 heterocycles. The van der Waals surface area contributed by atoms with Crippen molar-refractivity contribution in [1.29, 1.82) is 0 Å². The normalized spacial score (nSPS) is 19.1. The minimum absolute atomic E-state index is 0.0282. The number of benzene rings is 1. The molecule has 1 aromatic carbocycles. The molecule has 0 spiro atoms. The summed E-state index contributed by atoms with van der Waals surface area (Å²) in [6, 6.07) is 8.38. The highest BCUT2D eigenvalue weighted by Crippen LogP contribution is 2.13. The number of hydrogen-bond donors (Lipinski definition) is 1. The quantitative estimate of drug-likeness (QED) is 0.767. The predicted octanol–water partition coefficient (Wildman–Crippen LogP) is 1.75. The van der Waals surface area contributed by atoms with Gasteiger partial charge in [0, 0.05) is 51.9 Å². The fraction of sp³-hybridized carbons (Fsp3) is 0.652. The van der Waals surface area contributed by atoms with E-state index in [4.69, 9.17) is 4.74 Å². The first-order valence-corrected chi connectivity index (χ1v) is 11.1. The number of urea groups is 1. The van der Waals surface area contributed by atoms with Crippen molar-refractivity contribution in [2.45, 2.75) is 33.2 Å². The summed E-state index contributed by atoms with van der Waals surface area (Å²) < 4.78 is 5.45. The fourth-order valence-electron chi connectivity index (χ4n) is 4.15. The molecule has 2 aliphatic rings. The molecule has 0 bridgehead atoms. The van der Waals surface area contributed by atoms with Crippen LogP contribution in [0.15, 0.2) is 24.3 Å². The maximum absolute atomic E-state index is 12.7. The van der Waals surface area contributed by atoms with Gasteiger partial charge >= 0.3 is 6.03 Å². The molecule has 1 atom stereocenters. The molecule has 3 amide bonds.